The lowest BCUT2D eigenvalue weighted by atomic mass is 9.89. The summed E-state index contributed by atoms with van der Waals surface area (Å²) in [7, 11) is 0. The van der Waals surface area contributed by atoms with Crippen molar-refractivity contribution in [1.29, 1.82) is 0 Å². The molecule has 1 unspecified atom stereocenters. The Hall–Kier alpha value is -1.38. The first-order valence-corrected chi connectivity index (χ1v) is 6.55. The predicted octanol–water partition coefficient (Wildman–Crippen LogP) is 4.02. The second-order valence-corrected chi connectivity index (χ2v) is 5.46. The van der Waals surface area contributed by atoms with Gasteiger partial charge in [0.1, 0.15) is 5.82 Å². The number of aliphatic hydroxyl groups is 1. The highest BCUT2D eigenvalue weighted by Gasteiger charge is 2.23. The van der Waals surface area contributed by atoms with Crippen molar-refractivity contribution in [3.05, 3.63) is 70.5 Å². The molecule has 0 aliphatic heterocycles. The van der Waals surface area contributed by atoms with E-state index in [1.165, 1.54) is 6.07 Å². The van der Waals surface area contributed by atoms with Gasteiger partial charge in [-0.1, -0.05) is 54.1 Å². The molecule has 2 aromatic rings. The third-order valence-electron chi connectivity index (χ3n) is 3.03. The van der Waals surface area contributed by atoms with Crippen LogP contribution in [0.5, 0.6) is 0 Å². The molecule has 2 rings (SSSR count). The van der Waals surface area contributed by atoms with Gasteiger partial charge in [0.25, 0.3) is 0 Å². The monoisotopic (exact) mass is 278 g/mol. The van der Waals surface area contributed by atoms with E-state index in [9.17, 15) is 9.50 Å². The van der Waals surface area contributed by atoms with Crippen LogP contribution in [0.2, 0.25) is 5.02 Å². The SMILES string of the molecule is CC(O)(Cc1ccccc1)Cc1cccc(Cl)c1F. The lowest BCUT2D eigenvalue weighted by Crippen LogP contribution is -2.30. The van der Waals surface area contributed by atoms with Crippen LogP contribution in [0.15, 0.2) is 48.5 Å². The number of rotatable bonds is 4. The van der Waals surface area contributed by atoms with Crippen LogP contribution < -0.4 is 0 Å². The fourth-order valence-electron chi connectivity index (χ4n) is 2.19. The van der Waals surface area contributed by atoms with Crippen LogP contribution in [0.3, 0.4) is 0 Å². The molecule has 0 aliphatic rings. The molecule has 3 heteroatoms. The molecule has 0 amide bonds. The average Bonchev–Trinajstić information content (AvgIpc) is 2.35. The van der Waals surface area contributed by atoms with E-state index in [2.05, 4.69) is 0 Å². The Kier molecular flexibility index (Phi) is 4.23. The van der Waals surface area contributed by atoms with E-state index >= 15 is 0 Å². The molecule has 100 valence electrons. The fraction of sp³-hybridized carbons (Fsp3) is 0.250. The Morgan fingerprint density at radius 1 is 1.05 bits per heavy atom. The Labute approximate surface area is 117 Å². The maximum Gasteiger partial charge on any atom is 0.145 e. The van der Waals surface area contributed by atoms with Gasteiger partial charge in [-0.25, -0.2) is 4.39 Å². The van der Waals surface area contributed by atoms with Crippen molar-refractivity contribution in [3.8, 4) is 0 Å². The second-order valence-electron chi connectivity index (χ2n) is 5.05. The van der Waals surface area contributed by atoms with Gasteiger partial charge in [0.2, 0.25) is 0 Å². The summed E-state index contributed by atoms with van der Waals surface area (Å²) in [6.07, 6.45) is 0.702. The van der Waals surface area contributed by atoms with Crippen LogP contribution in [-0.4, -0.2) is 10.7 Å². The first-order valence-electron chi connectivity index (χ1n) is 6.17. The van der Waals surface area contributed by atoms with Crippen LogP contribution in [-0.2, 0) is 12.8 Å². The summed E-state index contributed by atoms with van der Waals surface area (Å²) in [6, 6.07) is 14.5. The van der Waals surface area contributed by atoms with Crippen molar-refractivity contribution in [3.63, 3.8) is 0 Å². The first-order chi connectivity index (χ1) is 8.98. The Morgan fingerprint density at radius 3 is 2.42 bits per heavy atom. The zero-order chi connectivity index (χ0) is 13.9. The Morgan fingerprint density at radius 2 is 1.74 bits per heavy atom. The number of hydrogen-bond donors (Lipinski definition) is 1. The van der Waals surface area contributed by atoms with E-state index in [1.54, 1.807) is 19.1 Å². The van der Waals surface area contributed by atoms with E-state index in [0.717, 1.165) is 5.56 Å². The molecular weight excluding hydrogens is 263 g/mol. The molecule has 0 fully saturated rings. The largest absolute Gasteiger partial charge is 0.389 e. The zero-order valence-corrected chi connectivity index (χ0v) is 11.5. The van der Waals surface area contributed by atoms with Crippen molar-refractivity contribution in [1.82, 2.24) is 0 Å². The third kappa shape index (κ3) is 3.79. The highest BCUT2D eigenvalue weighted by Crippen LogP contribution is 2.24. The van der Waals surface area contributed by atoms with Gasteiger partial charge < -0.3 is 5.11 Å². The smallest absolute Gasteiger partial charge is 0.145 e. The lowest BCUT2D eigenvalue weighted by molar-refractivity contribution is 0.0599. The van der Waals surface area contributed by atoms with E-state index in [0.29, 0.717) is 12.0 Å². The maximum atomic E-state index is 13.8. The van der Waals surface area contributed by atoms with E-state index in [4.69, 9.17) is 11.6 Å². The van der Waals surface area contributed by atoms with Crippen molar-refractivity contribution in [2.75, 3.05) is 0 Å². The summed E-state index contributed by atoms with van der Waals surface area (Å²) in [5, 5.41) is 10.5. The van der Waals surface area contributed by atoms with Gasteiger partial charge in [-0.15, -0.1) is 0 Å². The van der Waals surface area contributed by atoms with E-state index in [-0.39, 0.29) is 11.4 Å². The minimum absolute atomic E-state index is 0.0908. The minimum Gasteiger partial charge on any atom is -0.389 e. The van der Waals surface area contributed by atoms with E-state index in [1.807, 2.05) is 30.3 Å². The normalized spacial score (nSPS) is 14.1. The predicted molar refractivity (Wildman–Crippen MR) is 75.9 cm³/mol. The maximum absolute atomic E-state index is 13.8. The van der Waals surface area contributed by atoms with Gasteiger partial charge in [0.15, 0.2) is 0 Å². The van der Waals surface area contributed by atoms with Gasteiger partial charge in [-0.2, -0.15) is 0 Å². The minimum atomic E-state index is -1.01. The molecule has 0 saturated heterocycles. The molecule has 1 atom stereocenters. The molecule has 1 nitrogen and oxygen atoms in total. The molecule has 19 heavy (non-hydrogen) atoms. The summed E-state index contributed by atoms with van der Waals surface area (Å²) in [4.78, 5) is 0. The van der Waals surface area contributed by atoms with Crippen LogP contribution in [0.1, 0.15) is 18.1 Å². The molecule has 0 radical (unpaired) electrons. The van der Waals surface area contributed by atoms with Crippen LogP contribution in [0.25, 0.3) is 0 Å². The zero-order valence-electron chi connectivity index (χ0n) is 10.7. The average molecular weight is 279 g/mol. The molecule has 0 spiro atoms. The summed E-state index contributed by atoms with van der Waals surface area (Å²) in [5.74, 6) is -0.447. The van der Waals surface area contributed by atoms with Crippen molar-refractivity contribution < 1.29 is 9.50 Å². The molecular formula is C16H16ClFO. The number of benzene rings is 2. The van der Waals surface area contributed by atoms with Gasteiger partial charge in [-0.3, -0.25) is 0 Å². The van der Waals surface area contributed by atoms with E-state index < -0.39 is 11.4 Å². The van der Waals surface area contributed by atoms with Crippen molar-refractivity contribution in [2.45, 2.75) is 25.4 Å². The number of hydrogen-bond acceptors (Lipinski definition) is 1. The molecule has 0 aromatic heterocycles. The van der Waals surface area contributed by atoms with Crippen molar-refractivity contribution in [2.24, 2.45) is 0 Å². The van der Waals surface area contributed by atoms with Crippen LogP contribution in [0.4, 0.5) is 4.39 Å². The van der Waals surface area contributed by atoms with Crippen LogP contribution in [0, 0.1) is 5.82 Å². The number of halogens is 2. The highest BCUT2D eigenvalue weighted by atomic mass is 35.5. The quantitative estimate of drug-likeness (QED) is 0.896. The van der Waals surface area contributed by atoms with Gasteiger partial charge in [0.05, 0.1) is 10.6 Å². The Balaban J connectivity index is 2.15. The Bertz CT molecular complexity index is 552. The molecule has 0 heterocycles. The molecule has 0 aliphatic carbocycles. The topological polar surface area (TPSA) is 20.2 Å². The second kappa shape index (κ2) is 5.72. The summed E-state index contributed by atoms with van der Waals surface area (Å²) in [5.41, 5.74) is 0.454. The standard InChI is InChI=1S/C16H16ClFO/c1-16(19,10-12-6-3-2-4-7-12)11-13-8-5-9-14(17)15(13)18/h2-9,19H,10-11H2,1H3. The summed E-state index contributed by atoms with van der Waals surface area (Å²) >= 11 is 5.75. The first kappa shape index (κ1) is 14.0. The highest BCUT2D eigenvalue weighted by molar-refractivity contribution is 6.30. The van der Waals surface area contributed by atoms with Crippen LogP contribution >= 0.6 is 11.6 Å². The molecule has 0 bridgehead atoms. The van der Waals surface area contributed by atoms with Gasteiger partial charge >= 0.3 is 0 Å². The van der Waals surface area contributed by atoms with Gasteiger partial charge in [0, 0.05) is 12.8 Å². The lowest BCUT2D eigenvalue weighted by Gasteiger charge is -2.24. The molecule has 1 N–H and O–H groups in total. The fourth-order valence-corrected chi connectivity index (χ4v) is 2.39. The third-order valence-corrected chi connectivity index (χ3v) is 3.32. The van der Waals surface area contributed by atoms with Crippen molar-refractivity contribution >= 4 is 11.6 Å². The van der Waals surface area contributed by atoms with Gasteiger partial charge in [-0.05, 0) is 24.1 Å². The summed E-state index contributed by atoms with van der Waals surface area (Å²) in [6.45, 7) is 1.71. The summed E-state index contributed by atoms with van der Waals surface area (Å²) < 4.78 is 13.8. The molecule has 0 saturated carbocycles. The molecule has 2 aromatic carbocycles.